The molecular weight excluding hydrogens is 324 g/mol. The molecule has 3 N–H and O–H groups in total. The molecule has 0 radical (unpaired) electrons. The van der Waals surface area contributed by atoms with Crippen LogP contribution in [-0.4, -0.2) is 27.6 Å². The van der Waals surface area contributed by atoms with Crippen LogP contribution in [0, 0.1) is 13.8 Å². The molecule has 0 spiro atoms. The molecule has 1 unspecified atom stereocenters. The van der Waals surface area contributed by atoms with Crippen LogP contribution in [-0.2, 0) is 19.9 Å². The third-order valence-corrected chi connectivity index (χ3v) is 5.27. The number of rotatable bonds is 9. The Labute approximate surface area is 157 Å². The zero-order valence-electron chi connectivity index (χ0n) is 16.5. The highest BCUT2D eigenvalue weighted by molar-refractivity contribution is 5.94. The lowest BCUT2D eigenvalue weighted by atomic mass is 9.97. The van der Waals surface area contributed by atoms with Crippen LogP contribution in [0.3, 0.4) is 0 Å². The second kappa shape index (κ2) is 8.65. The molecule has 1 aromatic carbocycles. The summed E-state index contributed by atoms with van der Waals surface area (Å²) in [4.78, 5) is 12.6. The number of aromatic nitrogens is 1. The van der Waals surface area contributed by atoms with Crippen molar-refractivity contribution < 1.29 is 9.90 Å². The highest BCUT2D eigenvalue weighted by atomic mass is 16.3. The molecular formula is C22H32N2O2. The zero-order chi connectivity index (χ0) is 19.3. The fraction of sp³-hybridized carbons (Fsp3) is 0.500. The second-order valence-corrected chi connectivity index (χ2v) is 7.78. The monoisotopic (exact) mass is 356 g/mol. The van der Waals surface area contributed by atoms with Gasteiger partial charge in [-0.1, -0.05) is 18.2 Å². The molecule has 142 valence electrons. The summed E-state index contributed by atoms with van der Waals surface area (Å²) in [6.07, 6.45) is 3.76. The first-order valence-electron chi connectivity index (χ1n) is 9.37. The van der Waals surface area contributed by atoms with Crippen molar-refractivity contribution in [2.75, 3.05) is 6.61 Å². The molecule has 0 aliphatic carbocycles. The maximum Gasteiger partial charge on any atom is 0.179 e. The van der Waals surface area contributed by atoms with Gasteiger partial charge in [0.1, 0.15) is 0 Å². The minimum absolute atomic E-state index is 0.0400. The van der Waals surface area contributed by atoms with E-state index in [1.54, 1.807) is 0 Å². The fourth-order valence-corrected chi connectivity index (χ4v) is 3.12. The maximum absolute atomic E-state index is 12.6. The summed E-state index contributed by atoms with van der Waals surface area (Å²) in [5.41, 5.74) is 11.1. The Balaban J connectivity index is 1.90. The van der Waals surface area contributed by atoms with E-state index in [2.05, 4.69) is 32.0 Å². The Morgan fingerprint density at radius 1 is 1.15 bits per heavy atom. The van der Waals surface area contributed by atoms with Crippen LogP contribution >= 0.6 is 0 Å². The maximum atomic E-state index is 12.6. The second-order valence-electron chi connectivity index (χ2n) is 7.78. The number of aliphatic hydroxyl groups excluding tert-OH is 1. The Kier molecular flexibility index (Phi) is 6.79. The average Bonchev–Trinajstić information content (AvgIpc) is 2.97. The van der Waals surface area contributed by atoms with Gasteiger partial charge >= 0.3 is 0 Å². The Morgan fingerprint density at radius 3 is 2.54 bits per heavy atom. The van der Waals surface area contributed by atoms with Gasteiger partial charge in [-0.2, -0.15) is 0 Å². The third-order valence-electron chi connectivity index (χ3n) is 5.27. The Bertz CT molecular complexity index is 759. The SMILES string of the molecule is Cc1ccc(CCCC(=O)c2ccc(CCC(C)(N)CO)n2C)cc1C. The number of nitrogens with zero attached hydrogens (tertiary/aromatic N) is 1. The van der Waals surface area contributed by atoms with Crippen LogP contribution in [0.4, 0.5) is 0 Å². The summed E-state index contributed by atoms with van der Waals surface area (Å²) in [6, 6.07) is 10.4. The fourth-order valence-electron chi connectivity index (χ4n) is 3.12. The summed E-state index contributed by atoms with van der Waals surface area (Å²) >= 11 is 0. The van der Waals surface area contributed by atoms with Crippen molar-refractivity contribution in [1.82, 2.24) is 4.57 Å². The van der Waals surface area contributed by atoms with Crippen LogP contribution in [0.2, 0.25) is 0 Å². The molecule has 1 heterocycles. The highest BCUT2D eigenvalue weighted by Crippen LogP contribution is 2.17. The third kappa shape index (κ3) is 5.29. The minimum Gasteiger partial charge on any atom is -0.394 e. The molecule has 4 nitrogen and oxygen atoms in total. The number of aliphatic hydroxyl groups is 1. The van der Waals surface area contributed by atoms with Crippen LogP contribution in [0.1, 0.15) is 59.1 Å². The predicted molar refractivity (Wildman–Crippen MR) is 107 cm³/mol. The van der Waals surface area contributed by atoms with Crippen LogP contribution in [0.5, 0.6) is 0 Å². The number of aryl methyl sites for hydroxylation is 4. The van der Waals surface area contributed by atoms with Crippen molar-refractivity contribution >= 4 is 5.78 Å². The number of hydrogen-bond acceptors (Lipinski definition) is 3. The zero-order valence-corrected chi connectivity index (χ0v) is 16.5. The van der Waals surface area contributed by atoms with E-state index in [0.29, 0.717) is 12.8 Å². The number of carbonyl (C=O) groups excluding carboxylic acids is 1. The van der Waals surface area contributed by atoms with Gasteiger partial charge in [-0.25, -0.2) is 0 Å². The van der Waals surface area contributed by atoms with E-state index in [1.165, 1.54) is 16.7 Å². The van der Waals surface area contributed by atoms with Gasteiger partial charge in [0.05, 0.1) is 12.3 Å². The quantitative estimate of drug-likeness (QED) is 0.676. The molecule has 4 heteroatoms. The van der Waals surface area contributed by atoms with E-state index in [1.807, 2.05) is 30.7 Å². The van der Waals surface area contributed by atoms with Crippen molar-refractivity contribution in [2.24, 2.45) is 12.8 Å². The molecule has 0 saturated heterocycles. The molecule has 1 aromatic heterocycles. The molecule has 0 amide bonds. The van der Waals surface area contributed by atoms with Gasteiger partial charge in [-0.15, -0.1) is 0 Å². The molecule has 0 aliphatic heterocycles. The van der Waals surface area contributed by atoms with Gasteiger partial charge in [0.15, 0.2) is 5.78 Å². The molecule has 2 aromatic rings. The van der Waals surface area contributed by atoms with Gasteiger partial charge in [-0.05, 0) is 75.3 Å². The standard InChI is InChI=1S/C22H32N2O2/c1-16-8-9-18(14-17(16)2)6-5-7-21(26)20-11-10-19(24(20)4)12-13-22(3,23)15-25/h8-11,14,25H,5-7,12-13,15,23H2,1-4H3. The largest absolute Gasteiger partial charge is 0.394 e. The van der Waals surface area contributed by atoms with E-state index in [4.69, 9.17) is 5.73 Å². The molecule has 0 aliphatic rings. The van der Waals surface area contributed by atoms with E-state index in [0.717, 1.165) is 30.7 Å². The summed E-state index contributed by atoms with van der Waals surface area (Å²) < 4.78 is 1.96. The minimum atomic E-state index is -0.583. The van der Waals surface area contributed by atoms with Crippen molar-refractivity contribution in [2.45, 2.75) is 58.4 Å². The summed E-state index contributed by atoms with van der Waals surface area (Å²) in [5, 5.41) is 9.27. The number of ketones is 1. The van der Waals surface area contributed by atoms with E-state index < -0.39 is 5.54 Å². The van der Waals surface area contributed by atoms with Crippen LogP contribution < -0.4 is 5.73 Å². The van der Waals surface area contributed by atoms with E-state index in [-0.39, 0.29) is 12.4 Å². The van der Waals surface area contributed by atoms with Crippen molar-refractivity contribution in [1.29, 1.82) is 0 Å². The number of nitrogens with two attached hydrogens (primary N) is 1. The number of hydrogen-bond donors (Lipinski definition) is 2. The molecule has 0 fully saturated rings. The van der Waals surface area contributed by atoms with Gasteiger partial charge < -0.3 is 15.4 Å². The van der Waals surface area contributed by atoms with Crippen LogP contribution in [0.15, 0.2) is 30.3 Å². The van der Waals surface area contributed by atoms with Gasteiger partial charge in [0.2, 0.25) is 0 Å². The summed E-state index contributed by atoms with van der Waals surface area (Å²) in [7, 11) is 1.93. The Morgan fingerprint density at radius 2 is 1.88 bits per heavy atom. The first-order chi connectivity index (χ1) is 12.2. The van der Waals surface area contributed by atoms with E-state index >= 15 is 0 Å². The smallest absolute Gasteiger partial charge is 0.179 e. The van der Waals surface area contributed by atoms with Crippen molar-refractivity contribution in [3.8, 4) is 0 Å². The Hall–Kier alpha value is -1.91. The van der Waals surface area contributed by atoms with Crippen molar-refractivity contribution in [3.63, 3.8) is 0 Å². The average molecular weight is 357 g/mol. The van der Waals surface area contributed by atoms with E-state index in [9.17, 15) is 9.90 Å². The lowest BCUT2D eigenvalue weighted by Crippen LogP contribution is -2.40. The summed E-state index contributed by atoms with van der Waals surface area (Å²) in [5.74, 6) is 0.181. The lowest BCUT2D eigenvalue weighted by molar-refractivity contribution is 0.0972. The van der Waals surface area contributed by atoms with Crippen LogP contribution in [0.25, 0.3) is 0 Å². The van der Waals surface area contributed by atoms with Gasteiger partial charge in [0.25, 0.3) is 0 Å². The predicted octanol–water partition coefficient (Wildman–Crippen LogP) is 3.49. The molecule has 2 rings (SSSR count). The molecule has 1 atom stereocenters. The molecule has 0 saturated carbocycles. The number of benzene rings is 1. The van der Waals surface area contributed by atoms with Crippen molar-refractivity contribution in [3.05, 3.63) is 58.4 Å². The lowest BCUT2D eigenvalue weighted by Gasteiger charge is -2.21. The highest BCUT2D eigenvalue weighted by Gasteiger charge is 2.19. The number of carbonyl (C=O) groups is 1. The topological polar surface area (TPSA) is 68.2 Å². The first kappa shape index (κ1) is 20.4. The van der Waals surface area contributed by atoms with Gasteiger partial charge in [-0.3, -0.25) is 4.79 Å². The number of Topliss-reactive ketones (excluding diaryl/α,β-unsaturated/α-hetero) is 1. The summed E-state index contributed by atoms with van der Waals surface area (Å²) in [6.45, 7) is 6.04. The first-order valence-corrected chi connectivity index (χ1v) is 9.37. The normalized spacial score (nSPS) is 13.6. The van der Waals surface area contributed by atoms with Gasteiger partial charge in [0, 0.05) is 24.7 Å². The molecule has 0 bridgehead atoms. The molecule has 26 heavy (non-hydrogen) atoms.